The molecule has 2 unspecified atom stereocenters. The predicted molar refractivity (Wildman–Crippen MR) is 197 cm³/mol. The van der Waals surface area contributed by atoms with Crippen LogP contribution in [0.1, 0.15) is 169 Å². The lowest BCUT2D eigenvalue weighted by atomic mass is 9.84. The van der Waals surface area contributed by atoms with Gasteiger partial charge in [-0.15, -0.1) is 0 Å². The Labute approximate surface area is 312 Å². The molecular weight excluding hydrogens is 721 g/mol. The van der Waals surface area contributed by atoms with Crippen molar-refractivity contribution in [2.45, 2.75) is 178 Å². The Morgan fingerprint density at radius 2 is 0.635 bits per heavy atom. The summed E-state index contributed by atoms with van der Waals surface area (Å²) in [6.45, 7) is 6.39. The lowest BCUT2D eigenvalue weighted by Gasteiger charge is -2.40. The summed E-state index contributed by atoms with van der Waals surface area (Å²) in [4.78, 5) is 54.8. The standard InChI is InChI=1S/C36H66O14S2/c1-5-9-13-17-19-23-26-48-32(38)30-36(52(44,45)46,34(40)50-28-24-20-18-14-10-6-2)35(51(41,42)43,33(39)49-27-22-16-12-8-4)29-31(37)47-25-21-15-11-7-3/h5-30H2,1-4H3,(H,41,42,43)(H,44,45,46). The van der Waals surface area contributed by atoms with Crippen molar-refractivity contribution in [2.75, 3.05) is 26.4 Å². The lowest BCUT2D eigenvalue weighted by Crippen LogP contribution is -2.72. The molecule has 16 heteroatoms. The van der Waals surface area contributed by atoms with E-state index >= 15 is 0 Å². The van der Waals surface area contributed by atoms with Gasteiger partial charge in [0.15, 0.2) is 0 Å². The van der Waals surface area contributed by atoms with Crippen molar-refractivity contribution in [1.29, 1.82) is 0 Å². The molecule has 0 saturated carbocycles. The van der Waals surface area contributed by atoms with Gasteiger partial charge in [-0.25, -0.2) is 0 Å². The lowest BCUT2D eigenvalue weighted by molar-refractivity contribution is -0.164. The van der Waals surface area contributed by atoms with Gasteiger partial charge in [0.05, 0.1) is 39.3 Å². The molecule has 0 amide bonds. The van der Waals surface area contributed by atoms with Gasteiger partial charge in [-0.3, -0.25) is 28.3 Å². The molecule has 52 heavy (non-hydrogen) atoms. The van der Waals surface area contributed by atoms with Gasteiger partial charge in [0.25, 0.3) is 20.2 Å². The molecule has 0 rings (SSSR count). The number of ether oxygens (including phenoxy) is 4. The molecule has 2 atom stereocenters. The second kappa shape index (κ2) is 27.3. The number of esters is 4. The Hall–Kier alpha value is -2.30. The van der Waals surface area contributed by atoms with Crippen LogP contribution in [0.2, 0.25) is 0 Å². The van der Waals surface area contributed by atoms with Crippen molar-refractivity contribution in [3.05, 3.63) is 0 Å². The van der Waals surface area contributed by atoms with E-state index in [9.17, 15) is 45.1 Å². The monoisotopic (exact) mass is 786 g/mol. The Bertz CT molecular complexity index is 1250. The number of hydrogen-bond acceptors (Lipinski definition) is 12. The van der Waals surface area contributed by atoms with Crippen LogP contribution in [0, 0.1) is 0 Å². The molecule has 0 aliphatic heterocycles. The fraction of sp³-hybridized carbons (Fsp3) is 0.889. The van der Waals surface area contributed by atoms with E-state index in [1.54, 1.807) is 0 Å². The van der Waals surface area contributed by atoms with Crippen molar-refractivity contribution in [3.8, 4) is 0 Å². The highest BCUT2D eigenvalue weighted by molar-refractivity contribution is 7.93. The molecule has 0 radical (unpaired) electrons. The average molecular weight is 787 g/mol. The molecule has 0 saturated heterocycles. The molecular formula is C36H66O14S2. The van der Waals surface area contributed by atoms with Crippen molar-refractivity contribution >= 4 is 44.1 Å². The first-order chi connectivity index (χ1) is 24.6. The van der Waals surface area contributed by atoms with E-state index in [1.807, 2.05) is 27.7 Å². The first-order valence-corrected chi connectivity index (χ1v) is 22.1. The maximum Gasteiger partial charge on any atom is 0.333 e. The van der Waals surface area contributed by atoms with Crippen LogP contribution in [0.15, 0.2) is 0 Å². The first-order valence-electron chi connectivity index (χ1n) is 19.2. The van der Waals surface area contributed by atoms with Crippen molar-refractivity contribution in [3.63, 3.8) is 0 Å². The van der Waals surface area contributed by atoms with Crippen molar-refractivity contribution in [2.24, 2.45) is 0 Å². The second-order valence-corrected chi connectivity index (χ2v) is 16.6. The zero-order valence-corrected chi connectivity index (χ0v) is 33.6. The van der Waals surface area contributed by atoms with Crippen LogP contribution in [0.4, 0.5) is 0 Å². The van der Waals surface area contributed by atoms with E-state index in [0.29, 0.717) is 44.9 Å². The maximum absolute atomic E-state index is 14.1. The minimum absolute atomic E-state index is 0.171. The summed E-state index contributed by atoms with van der Waals surface area (Å²) in [7, 11) is -12.5. The third-order valence-corrected chi connectivity index (χ3v) is 12.2. The Morgan fingerprint density at radius 3 is 0.904 bits per heavy atom. The van der Waals surface area contributed by atoms with Gasteiger partial charge in [-0.05, 0) is 25.7 Å². The van der Waals surface area contributed by atoms with Gasteiger partial charge in [0.2, 0.25) is 9.49 Å². The topological polar surface area (TPSA) is 214 Å². The molecule has 0 aliphatic rings. The van der Waals surface area contributed by atoms with E-state index in [4.69, 9.17) is 18.9 Å². The van der Waals surface area contributed by atoms with Crippen LogP contribution in [-0.2, 0) is 58.4 Å². The van der Waals surface area contributed by atoms with Crippen LogP contribution in [-0.4, -0.2) is 85.7 Å². The average Bonchev–Trinajstić information content (AvgIpc) is 3.07. The normalized spacial score (nSPS) is 14.2. The molecule has 0 aliphatic carbocycles. The minimum Gasteiger partial charge on any atom is -0.466 e. The van der Waals surface area contributed by atoms with Crippen LogP contribution in [0.3, 0.4) is 0 Å². The summed E-state index contributed by atoms with van der Waals surface area (Å²) < 4.78 is 88.3. The molecule has 0 fully saturated rings. The Balaban J connectivity index is 7.13. The van der Waals surface area contributed by atoms with Gasteiger partial charge in [0, 0.05) is 0 Å². The number of unbranched alkanes of at least 4 members (excludes halogenated alkanes) is 16. The van der Waals surface area contributed by atoms with Crippen LogP contribution in [0.25, 0.3) is 0 Å². The van der Waals surface area contributed by atoms with E-state index in [1.165, 1.54) is 0 Å². The highest BCUT2D eigenvalue weighted by atomic mass is 32.2. The fourth-order valence-corrected chi connectivity index (χ4v) is 8.75. The van der Waals surface area contributed by atoms with Gasteiger partial charge >= 0.3 is 23.9 Å². The SMILES string of the molecule is CCCCCCCCOC(=O)CC(C(=O)OCCCCCCCC)(C(CC(=O)OCCCCCC)(C(=O)OCCCCCC)S(=O)(=O)O)S(=O)(=O)O. The maximum atomic E-state index is 14.1. The molecule has 0 aromatic rings. The highest BCUT2D eigenvalue weighted by Gasteiger charge is 2.78. The summed E-state index contributed by atoms with van der Waals surface area (Å²) in [6, 6.07) is 0. The van der Waals surface area contributed by atoms with Gasteiger partial charge in [-0.2, -0.15) is 16.8 Å². The molecule has 0 bridgehead atoms. The van der Waals surface area contributed by atoms with Crippen LogP contribution in [0.5, 0.6) is 0 Å². The molecule has 306 valence electrons. The molecule has 0 aromatic heterocycles. The van der Waals surface area contributed by atoms with Gasteiger partial charge in [-0.1, -0.05) is 130 Å². The predicted octanol–water partition coefficient (Wildman–Crippen LogP) is 7.07. The minimum atomic E-state index is -6.25. The highest BCUT2D eigenvalue weighted by Crippen LogP contribution is 2.45. The summed E-state index contributed by atoms with van der Waals surface area (Å²) in [6.07, 6.45) is 10.1. The first kappa shape index (κ1) is 49.7. The molecule has 0 heterocycles. The largest absolute Gasteiger partial charge is 0.466 e. The van der Waals surface area contributed by atoms with Crippen LogP contribution >= 0.6 is 0 Å². The van der Waals surface area contributed by atoms with E-state index in [-0.39, 0.29) is 26.1 Å². The fourth-order valence-electron chi connectivity index (χ4n) is 5.84. The molecule has 0 aromatic carbocycles. The summed E-state index contributed by atoms with van der Waals surface area (Å²) >= 11 is 0. The van der Waals surface area contributed by atoms with E-state index in [0.717, 1.165) is 70.6 Å². The zero-order valence-electron chi connectivity index (χ0n) is 32.0. The van der Waals surface area contributed by atoms with E-state index in [2.05, 4.69) is 0 Å². The second-order valence-electron chi connectivity index (χ2n) is 13.3. The third-order valence-electron chi connectivity index (χ3n) is 8.96. The van der Waals surface area contributed by atoms with Crippen molar-refractivity contribution < 1.29 is 64.1 Å². The number of carbonyl (C=O) groups excluding carboxylic acids is 4. The Kier molecular flexibility index (Phi) is 26.1. The van der Waals surface area contributed by atoms with E-state index < -0.39 is 79.7 Å². The Morgan fingerprint density at radius 1 is 0.404 bits per heavy atom. The molecule has 14 nitrogen and oxygen atoms in total. The number of carbonyl (C=O) groups is 4. The zero-order chi connectivity index (χ0) is 39.5. The smallest absolute Gasteiger partial charge is 0.333 e. The van der Waals surface area contributed by atoms with Crippen molar-refractivity contribution in [1.82, 2.24) is 0 Å². The van der Waals surface area contributed by atoms with Gasteiger partial charge < -0.3 is 18.9 Å². The summed E-state index contributed by atoms with van der Waals surface area (Å²) in [5, 5.41) is 0. The molecule has 2 N–H and O–H groups in total. The number of rotatable bonds is 33. The summed E-state index contributed by atoms with van der Waals surface area (Å²) in [5.41, 5.74) is 0. The quantitative estimate of drug-likeness (QED) is 0.0295. The number of hydrogen-bond donors (Lipinski definition) is 2. The third kappa shape index (κ3) is 16.8. The van der Waals surface area contributed by atoms with Crippen LogP contribution < -0.4 is 0 Å². The van der Waals surface area contributed by atoms with Gasteiger partial charge in [0.1, 0.15) is 0 Å². The molecule has 0 spiro atoms. The summed E-state index contributed by atoms with van der Waals surface area (Å²) in [5.74, 6) is -7.10.